The minimum absolute atomic E-state index is 0.0286. The molecule has 0 bridgehead atoms. The van der Waals surface area contributed by atoms with Crippen LogP contribution in [0.15, 0.2) is 54.4 Å². The summed E-state index contributed by atoms with van der Waals surface area (Å²) in [6, 6.07) is 11.4. The third kappa shape index (κ3) is 6.47. The summed E-state index contributed by atoms with van der Waals surface area (Å²) in [6.45, 7) is 1.93. The number of nitrogens with two attached hydrogens (primary N) is 2. The average Bonchev–Trinajstić information content (AvgIpc) is 2.78. The molecule has 33 heavy (non-hydrogen) atoms. The summed E-state index contributed by atoms with van der Waals surface area (Å²) < 4.78 is 26.8. The lowest BCUT2D eigenvalue weighted by Crippen LogP contribution is -2.56. The molecule has 0 unspecified atom stereocenters. The van der Waals surface area contributed by atoms with Crippen LogP contribution in [0.5, 0.6) is 0 Å². The Kier molecular flexibility index (Phi) is 7.92. The first-order valence-electron chi connectivity index (χ1n) is 10.5. The summed E-state index contributed by atoms with van der Waals surface area (Å²) in [4.78, 5) is 17.7. The van der Waals surface area contributed by atoms with Gasteiger partial charge in [-0.25, -0.2) is 15.2 Å². The van der Waals surface area contributed by atoms with E-state index in [1.54, 1.807) is 12.1 Å². The van der Waals surface area contributed by atoms with Crippen molar-refractivity contribution < 1.29 is 13.6 Å². The summed E-state index contributed by atoms with van der Waals surface area (Å²) in [7, 11) is 0. The Hall–Kier alpha value is -3.55. The highest BCUT2D eigenvalue weighted by molar-refractivity contribution is 5.92. The van der Waals surface area contributed by atoms with Gasteiger partial charge in [0.1, 0.15) is 5.82 Å². The molecule has 1 fully saturated rings. The van der Waals surface area contributed by atoms with Crippen LogP contribution in [0, 0.1) is 23.1 Å². The van der Waals surface area contributed by atoms with Crippen molar-refractivity contribution in [2.24, 2.45) is 11.6 Å². The van der Waals surface area contributed by atoms with E-state index in [0.717, 1.165) is 5.56 Å². The van der Waals surface area contributed by atoms with Gasteiger partial charge in [0.15, 0.2) is 0 Å². The van der Waals surface area contributed by atoms with Gasteiger partial charge in [-0.3, -0.25) is 9.69 Å². The van der Waals surface area contributed by atoms with Crippen LogP contribution in [-0.4, -0.2) is 46.0 Å². The Labute approximate surface area is 191 Å². The number of hydrogen-bond acceptors (Lipinski definition) is 7. The zero-order chi connectivity index (χ0) is 23.8. The van der Waals surface area contributed by atoms with E-state index in [9.17, 15) is 18.8 Å². The van der Waals surface area contributed by atoms with Gasteiger partial charge in [-0.15, -0.1) is 0 Å². The Balaban J connectivity index is 1.68. The molecule has 1 amide bonds. The first-order valence-corrected chi connectivity index (χ1v) is 10.5. The molecule has 1 aliphatic rings. The highest BCUT2D eigenvalue weighted by Crippen LogP contribution is 2.31. The van der Waals surface area contributed by atoms with E-state index >= 15 is 0 Å². The number of primary amides is 1. The van der Waals surface area contributed by atoms with Gasteiger partial charge in [0.25, 0.3) is 0 Å². The number of carbonyl (C=O) groups is 1. The lowest BCUT2D eigenvalue weighted by molar-refractivity contribution is -0.114. The molecule has 2 heterocycles. The second-order valence-corrected chi connectivity index (χ2v) is 8.11. The number of likely N-dealkylation sites (tertiary alicyclic amines) is 1. The SMILES string of the molecule is N#CCC1(N(N)/C=C(\CNc2ccnc(F)c2)C(N)=O)CCN(Cc2cccc(F)c2)CC1. The molecule has 0 saturated carbocycles. The number of hydrazine groups is 1. The second kappa shape index (κ2) is 10.8. The Morgan fingerprint density at radius 3 is 2.70 bits per heavy atom. The van der Waals surface area contributed by atoms with Gasteiger partial charge in [-0.1, -0.05) is 12.1 Å². The fourth-order valence-electron chi connectivity index (χ4n) is 3.91. The molecule has 2 aromatic rings. The van der Waals surface area contributed by atoms with Gasteiger partial charge in [0.2, 0.25) is 11.9 Å². The van der Waals surface area contributed by atoms with Crippen LogP contribution in [0.25, 0.3) is 0 Å². The summed E-state index contributed by atoms with van der Waals surface area (Å²) >= 11 is 0. The van der Waals surface area contributed by atoms with Crippen LogP contribution in [0.1, 0.15) is 24.8 Å². The zero-order valence-electron chi connectivity index (χ0n) is 18.2. The number of nitriles is 1. The molecule has 0 radical (unpaired) electrons. The normalized spacial score (nSPS) is 16.1. The molecule has 8 nitrogen and oxygen atoms in total. The highest BCUT2D eigenvalue weighted by atomic mass is 19.1. The topological polar surface area (TPSA) is 124 Å². The minimum atomic E-state index is -0.678. The lowest BCUT2D eigenvalue weighted by Gasteiger charge is -2.45. The number of nitrogens with zero attached hydrogens (tertiary/aromatic N) is 4. The number of hydrogen-bond donors (Lipinski definition) is 3. The summed E-state index contributed by atoms with van der Waals surface area (Å²) in [5, 5.41) is 13.8. The van der Waals surface area contributed by atoms with Crippen molar-refractivity contribution in [3.05, 3.63) is 71.7 Å². The summed E-state index contributed by atoms with van der Waals surface area (Å²) in [6.07, 6.45) is 4.09. The van der Waals surface area contributed by atoms with E-state index in [4.69, 9.17) is 11.6 Å². The van der Waals surface area contributed by atoms with Crippen LogP contribution in [-0.2, 0) is 11.3 Å². The van der Waals surface area contributed by atoms with Crippen LogP contribution in [0.2, 0.25) is 0 Å². The largest absolute Gasteiger partial charge is 0.381 e. The molecular formula is C23H27F2N7O. The van der Waals surface area contributed by atoms with E-state index < -0.39 is 17.4 Å². The molecule has 10 heteroatoms. The highest BCUT2D eigenvalue weighted by Gasteiger charge is 2.38. The first-order chi connectivity index (χ1) is 15.8. The minimum Gasteiger partial charge on any atom is -0.381 e. The third-order valence-electron chi connectivity index (χ3n) is 5.86. The van der Waals surface area contributed by atoms with Gasteiger partial charge < -0.3 is 16.1 Å². The number of rotatable bonds is 9. The third-order valence-corrected chi connectivity index (χ3v) is 5.86. The molecule has 1 aromatic carbocycles. The number of amides is 1. The van der Waals surface area contributed by atoms with Gasteiger partial charge in [-0.05, 0) is 36.6 Å². The number of nitrogens with one attached hydrogen (secondary N) is 1. The van der Waals surface area contributed by atoms with Crippen LogP contribution in [0.3, 0.4) is 0 Å². The number of piperidine rings is 1. The van der Waals surface area contributed by atoms with Crippen molar-refractivity contribution in [3.63, 3.8) is 0 Å². The predicted octanol–water partition coefficient (Wildman–Crippen LogP) is 2.27. The number of halogens is 2. The van der Waals surface area contributed by atoms with Crippen molar-refractivity contribution in [3.8, 4) is 6.07 Å². The van der Waals surface area contributed by atoms with E-state index in [1.165, 1.54) is 35.6 Å². The Morgan fingerprint density at radius 2 is 2.06 bits per heavy atom. The fraction of sp³-hybridized carbons (Fsp3) is 0.348. The average molecular weight is 456 g/mol. The Bertz CT molecular complexity index is 1050. The number of aromatic nitrogens is 1. The second-order valence-electron chi connectivity index (χ2n) is 8.11. The van der Waals surface area contributed by atoms with Crippen LogP contribution >= 0.6 is 0 Å². The predicted molar refractivity (Wildman–Crippen MR) is 120 cm³/mol. The van der Waals surface area contributed by atoms with Crippen molar-refractivity contribution in [2.75, 3.05) is 25.0 Å². The molecular weight excluding hydrogens is 428 g/mol. The molecule has 1 saturated heterocycles. The molecule has 5 N–H and O–H groups in total. The molecule has 1 aliphatic heterocycles. The maximum atomic E-state index is 13.5. The molecule has 0 atom stereocenters. The molecule has 174 valence electrons. The van der Waals surface area contributed by atoms with Gasteiger partial charge in [0.05, 0.1) is 23.6 Å². The standard InChI is InChI=1S/C23H27F2N7O/c24-19-3-1-2-17(12-19)15-31-10-6-23(5-8-26,7-11-31)32(28)16-18(22(27)33)14-30-20-4-9-29-21(25)13-20/h1-4,9,12-13,16H,5-7,10-11,14-15,28H2,(H2,27,33)(H,29,30)/b18-16+. The number of benzene rings is 1. The fourth-order valence-corrected chi connectivity index (χ4v) is 3.91. The number of anilines is 1. The summed E-state index contributed by atoms with van der Waals surface area (Å²) in [5.74, 6) is 4.75. The summed E-state index contributed by atoms with van der Waals surface area (Å²) in [5.41, 5.74) is 6.36. The van der Waals surface area contributed by atoms with Crippen LogP contribution in [0.4, 0.5) is 14.5 Å². The van der Waals surface area contributed by atoms with E-state index in [0.29, 0.717) is 38.2 Å². The van der Waals surface area contributed by atoms with Crippen molar-refractivity contribution >= 4 is 11.6 Å². The maximum Gasteiger partial charge on any atom is 0.247 e. The van der Waals surface area contributed by atoms with Gasteiger partial charge >= 0.3 is 0 Å². The van der Waals surface area contributed by atoms with E-state index in [-0.39, 0.29) is 24.4 Å². The van der Waals surface area contributed by atoms with E-state index in [2.05, 4.69) is 21.3 Å². The van der Waals surface area contributed by atoms with Gasteiger partial charge in [0, 0.05) is 50.3 Å². The lowest BCUT2D eigenvalue weighted by atomic mass is 9.84. The van der Waals surface area contributed by atoms with Crippen molar-refractivity contribution in [1.82, 2.24) is 14.9 Å². The molecule has 0 spiro atoms. The van der Waals surface area contributed by atoms with Crippen molar-refractivity contribution in [2.45, 2.75) is 31.3 Å². The maximum absolute atomic E-state index is 13.5. The number of pyridine rings is 1. The molecule has 0 aliphatic carbocycles. The first kappa shape index (κ1) is 24.1. The van der Waals surface area contributed by atoms with Crippen molar-refractivity contribution in [1.29, 1.82) is 5.26 Å². The molecule has 3 rings (SSSR count). The smallest absolute Gasteiger partial charge is 0.247 e. The van der Waals surface area contributed by atoms with E-state index in [1.807, 2.05) is 6.07 Å². The van der Waals surface area contributed by atoms with Gasteiger partial charge in [-0.2, -0.15) is 9.65 Å². The van der Waals surface area contributed by atoms with Crippen LogP contribution < -0.4 is 16.9 Å². The quantitative estimate of drug-likeness (QED) is 0.229. The molecule has 1 aromatic heterocycles. The monoisotopic (exact) mass is 455 g/mol. The number of carbonyl (C=O) groups excluding carboxylic acids is 1. The zero-order valence-corrected chi connectivity index (χ0v) is 18.2. The Morgan fingerprint density at radius 1 is 1.30 bits per heavy atom.